The van der Waals surface area contributed by atoms with Crippen molar-refractivity contribution < 1.29 is 0 Å². The van der Waals surface area contributed by atoms with Gasteiger partial charge < -0.3 is 4.57 Å². The smallest absolute Gasteiger partial charge is 0.251 e. The highest BCUT2D eigenvalue weighted by Crippen LogP contribution is 2.21. The normalized spacial score (nSPS) is 15.2. The molecule has 0 saturated carbocycles. The van der Waals surface area contributed by atoms with E-state index in [1.807, 2.05) is 22.8 Å². The van der Waals surface area contributed by atoms with E-state index in [0.717, 1.165) is 24.8 Å². The van der Waals surface area contributed by atoms with Gasteiger partial charge in [-0.15, -0.1) is 0 Å². The highest BCUT2D eigenvalue weighted by Gasteiger charge is 2.12. The molecule has 2 heteroatoms. The molecule has 1 aliphatic rings. The number of aromatic nitrogens is 1. The highest BCUT2D eigenvalue weighted by atomic mass is 16.1. The average molecular weight is 199 g/mol. The van der Waals surface area contributed by atoms with Gasteiger partial charge in [0.05, 0.1) is 0 Å². The Balaban J connectivity index is 2.44. The number of hydrogen-bond acceptors (Lipinski definition) is 1. The van der Waals surface area contributed by atoms with Gasteiger partial charge in [-0.2, -0.15) is 0 Å². The summed E-state index contributed by atoms with van der Waals surface area (Å²) in [7, 11) is 0. The van der Waals surface area contributed by atoms with Crippen LogP contribution in [0.4, 0.5) is 0 Å². The Hall–Kier alpha value is -1.57. The fourth-order valence-corrected chi connectivity index (χ4v) is 2.45. The lowest BCUT2D eigenvalue weighted by atomic mass is 10.0. The van der Waals surface area contributed by atoms with Crippen LogP contribution < -0.4 is 5.56 Å². The van der Waals surface area contributed by atoms with Crippen molar-refractivity contribution in [1.82, 2.24) is 4.57 Å². The number of nitrogens with zero attached hydrogens (tertiary/aromatic N) is 1. The summed E-state index contributed by atoms with van der Waals surface area (Å²) in [6, 6.07) is 9.92. The van der Waals surface area contributed by atoms with Gasteiger partial charge in [0.15, 0.2) is 0 Å². The minimum absolute atomic E-state index is 0.156. The third-order valence-corrected chi connectivity index (χ3v) is 3.19. The number of rotatable bonds is 0. The predicted molar refractivity (Wildman–Crippen MR) is 61.1 cm³/mol. The van der Waals surface area contributed by atoms with Gasteiger partial charge in [0, 0.05) is 23.7 Å². The Morgan fingerprint density at radius 3 is 2.93 bits per heavy atom. The standard InChI is InChI=1S/C13H13NO/c15-13-9-10-5-1-2-6-11(10)12-7-3-4-8-14(12)13/h1-2,5-6,9H,3-4,7-8H2. The van der Waals surface area contributed by atoms with Gasteiger partial charge in [0.2, 0.25) is 0 Å². The summed E-state index contributed by atoms with van der Waals surface area (Å²) >= 11 is 0. The lowest BCUT2D eigenvalue weighted by Gasteiger charge is -2.19. The molecule has 1 aliphatic heterocycles. The lowest BCUT2D eigenvalue weighted by molar-refractivity contribution is 0.518. The SMILES string of the molecule is O=c1cc2ccccc2c2n1CCCC2. The first kappa shape index (κ1) is 8.72. The van der Waals surface area contributed by atoms with E-state index >= 15 is 0 Å². The molecule has 3 rings (SSSR count). The molecule has 0 atom stereocenters. The van der Waals surface area contributed by atoms with Crippen molar-refractivity contribution in [3.63, 3.8) is 0 Å². The van der Waals surface area contributed by atoms with Crippen molar-refractivity contribution in [2.45, 2.75) is 25.8 Å². The summed E-state index contributed by atoms with van der Waals surface area (Å²) in [6.45, 7) is 0.888. The van der Waals surface area contributed by atoms with Crippen LogP contribution in [0.3, 0.4) is 0 Å². The zero-order valence-corrected chi connectivity index (χ0v) is 8.57. The van der Waals surface area contributed by atoms with Crippen LogP contribution in [0.2, 0.25) is 0 Å². The van der Waals surface area contributed by atoms with Crippen molar-refractivity contribution in [1.29, 1.82) is 0 Å². The number of pyridine rings is 1. The molecule has 1 aromatic carbocycles. The van der Waals surface area contributed by atoms with Gasteiger partial charge in [-0.25, -0.2) is 0 Å². The molecule has 0 saturated heterocycles. The topological polar surface area (TPSA) is 22.0 Å². The van der Waals surface area contributed by atoms with Crippen LogP contribution in [0, 0.1) is 0 Å². The molecule has 0 aliphatic carbocycles. The van der Waals surface area contributed by atoms with E-state index in [4.69, 9.17) is 0 Å². The van der Waals surface area contributed by atoms with Gasteiger partial charge in [-0.3, -0.25) is 4.79 Å². The third kappa shape index (κ3) is 1.29. The molecular weight excluding hydrogens is 186 g/mol. The summed E-state index contributed by atoms with van der Waals surface area (Å²) in [5.41, 5.74) is 1.38. The van der Waals surface area contributed by atoms with E-state index in [1.165, 1.54) is 17.5 Å². The summed E-state index contributed by atoms with van der Waals surface area (Å²) < 4.78 is 1.94. The molecule has 0 spiro atoms. The van der Waals surface area contributed by atoms with Crippen molar-refractivity contribution in [3.05, 3.63) is 46.4 Å². The number of aryl methyl sites for hydroxylation is 1. The van der Waals surface area contributed by atoms with E-state index in [-0.39, 0.29) is 5.56 Å². The van der Waals surface area contributed by atoms with E-state index in [0.29, 0.717) is 0 Å². The molecule has 0 N–H and O–H groups in total. The number of fused-ring (bicyclic) bond motifs is 3. The van der Waals surface area contributed by atoms with Crippen LogP contribution in [-0.2, 0) is 13.0 Å². The van der Waals surface area contributed by atoms with Crippen molar-refractivity contribution in [2.24, 2.45) is 0 Å². The molecule has 2 heterocycles. The first-order valence-corrected chi connectivity index (χ1v) is 5.48. The molecule has 15 heavy (non-hydrogen) atoms. The second-order valence-corrected chi connectivity index (χ2v) is 4.13. The zero-order valence-electron chi connectivity index (χ0n) is 8.57. The maximum atomic E-state index is 11.8. The Morgan fingerprint density at radius 2 is 2.00 bits per heavy atom. The largest absolute Gasteiger partial charge is 0.312 e. The summed E-state index contributed by atoms with van der Waals surface area (Å²) in [6.07, 6.45) is 3.37. The number of hydrogen-bond donors (Lipinski definition) is 0. The quantitative estimate of drug-likeness (QED) is 0.638. The molecule has 0 amide bonds. The van der Waals surface area contributed by atoms with Crippen LogP contribution >= 0.6 is 0 Å². The highest BCUT2D eigenvalue weighted by molar-refractivity contribution is 5.84. The Kier molecular flexibility index (Phi) is 1.88. The van der Waals surface area contributed by atoms with E-state index in [9.17, 15) is 4.79 Å². The molecule has 0 radical (unpaired) electrons. The molecular formula is C13H13NO. The first-order valence-electron chi connectivity index (χ1n) is 5.48. The average Bonchev–Trinajstić information content (AvgIpc) is 2.30. The van der Waals surface area contributed by atoms with Gasteiger partial charge in [0.25, 0.3) is 5.56 Å². The minimum atomic E-state index is 0.156. The number of benzene rings is 1. The molecule has 76 valence electrons. The molecule has 0 unspecified atom stereocenters. The van der Waals surface area contributed by atoms with Gasteiger partial charge in [-0.05, 0) is 24.6 Å². The second-order valence-electron chi connectivity index (χ2n) is 4.13. The van der Waals surface area contributed by atoms with Crippen LogP contribution in [0.5, 0.6) is 0 Å². The van der Waals surface area contributed by atoms with Crippen LogP contribution in [0.15, 0.2) is 35.1 Å². The molecule has 1 aromatic heterocycles. The van der Waals surface area contributed by atoms with Crippen LogP contribution in [0.25, 0.3) is 10.8 Å². The van der Waals surface area contributed by atoms with Crippen molar-refractivity contribution in [2.75, 3.05) is 0 Å². The molecule has 0 fully saturated rings. The van der Waals surface area contributed by atoms with E-state index < -0.39 is 0 Å². The van der Waals surface area contributed by atoms with Crippen LogP contribution in [0.1, 0.15) is 18.5 Å². The van der Waals surface area contributed by atoms with Crippen molar-refractivity contribution in [3.8, 4) is 0 Å². The van der Waals surface area contributed by atoms with E-state index in [1.54, 1.807) is 6.07 Å². The fourth-order valence-electron chi connectivity index (χ4n) is 2.45. The lowest BCUT2D eigenvalue weighted by Crippen LogP contribution is -2.26. The third-order valence-electron chi connectivity index (χ3n) is 3.19. The fraction of sp³-hybridized carbons (Fsp3) is 0.308. The molecule has 2 nitrogen and oxygen atoms in total. The molecule has 2 aromatic rings. The molecule has 0 bridgehead atoms. The summed E-state index contributed by atoms with van der Waals surface area (Å²) in [5.74, 6) is 0. The first-order chi connectivity index (χ1) is 7.36. The minimum Gasteiger partial charge on any atom is -0.312 e. The second kappa shape index (κ2) is 3.23. The van der Waals surface area contributed by atoms with Crippen LogP contribution in [-0.4, -0.2) is 4.57 Å². The summed E-state index contributed by atoms with van der Waals surface area (Å²) in [4.78, 5) is 11.8. The monoisotopic (exact) mass is 199 g/mol. The predicted octanol–water partition coefficient (Wildman–Crippen LogP) is 2.34. The maximum absolute atomic E-state index is 11.8. The van der Waals surface area contributed by atoms with Gasteiger partial charge >= 0.3 is 0 Å². The summed E-state index contributed by atoms with van der Waals surface area (Å²) in [5, 5.41) is 2.33. The Morgan fingerprint density at radius 1 is 1.13 bits per heavy atom. The van der Waals surface area contributed by atoms with Gasteiger partial charge in [-0.1, -0.05) is 24.3 Å². The van der Waals surface area contributed by atoms with E-state index in [2.05, 4.69) is 6.07 Å². The Bertz CT molecular complexity index is 568. The zero-order chi connectivity index (χ0) is 10.3. The van der Waals surface area contributed by atoms with Gasteiger partial charge in [0.1, 0.15) is 0 Å². The Labute approximate surface area is 88.2 Å². The maximum Gasteiger partial charge on any atom is 0.251 e. The van der Waals surface area contributed by atoms with Crippen molar-refractivity contribution >= 4 is 10.8 Å².